The summed E-state index contributed by atoms with van der Waals surface area (Å²) in [7, 11) is 0. The van der Waals surface area contributed by atoms with E-state index < -0.39 is 25.2 Å². The third kappa shape index (κ3) is 41.1. The average molecular weight is 1210 g/mol. The fraction of sp³-hybridized carbons (Fsp3) is 1.00. The highest BCUT2D eigenvalue weighted by molar-refractivity contribution is 4.99. The third-order valence-corrected chi connectivity index (χ3v) is 21.3. The lowest BCUT2D eigenvalue weighted by Gasteiger charge is -2.54. The van der Waals surface area contributed by atoms with E-state index in [1.54, 1.807) is 79.1 Å². The highest BCUT2D eigenvalue weighted by Gasteiger charge is 2.48. The van der Waals surface area contributed by atoms with Gasteiger partial charge in [-0.05, 0) is 201 Å². The van der Waals surface area contributed by atoms with Crippen molar-refractivity contribution >= 4 is 0 Å². The summed E-state index contributed by atoms with van der Waals surface area (Å²) < 4.78 is 69.0. The molecule has 8 rings (SSSR count). The van der Waals surface area contributed by atoms with Crippen LogP contribution in [0.3, 0.4) is 0 Å². The van der Waals surface area contributed by atoms with Gasteiger partial charge in [0.15, 0.2) is 0 Å². The molecule has 8 aliphatic carbocycles. The molecule has 0 aromatic carbocycles. The van der Waals surface area contributed by atoms with E-state index in [2.05, 4.69) is 118 Å². The largest absolute Gasteiger partial charge is 0.389 e. The molecule has 0 aliphatic heterocycles. The summed E-state index contributed by atoms with van der Waals surface area (Å²) >= 11 is 0. The Morgan fingerprint density at radius 1 is 0.333 bits per heavy atom. The van der Waals surface area contributed by atoms with Crippen LogP contribution in [0.1, 0.15) is 410 Å². The fourth-order valence-corrected chi connectivity index (χ4v) is 15.8. The van der Waals surface area contributed by atoms with Crippen LogP contribution in [0, 0.1) is 79.3 Å². The maximum atomic E-state index is 11.5. The quantitative estimate of drug-likeness (QED) is 0.241. The van der Waals surface area contributed by atoms with Crippen molar-refractivity contribution < 1.29 is 26.3 Å². The minimum Gasteiger partial charge on any atom is -0.171 e. The first-order chi connectivity index (χ1) is 38.8. The summed E-state index contributed by atoms with van der Waals surface area (Å²) in [5.74, 6) is 4.42. The van der Waals surface area contributed by atoms with E-state index in [4.69, 9.17) is 0 Å². The summed E-state index contributed by atoms with van der Waals surface area (Å²) in [6.07, 6.45) is 44.3. The second-order valence-electron chi connectivity index (χ2n) is 33.6. The van der Waals surface area contributed by atoms with Crippen LogP contribution < -0.4 is 0 Å². The van der Waals surface area contributed by atoms with E-state index in [1.807, 2.05) is 13.8 Å². The number of alkyl halides is 6. The van der Waals surface area contributed by atoms with E-state index in [1.165, 1.54) is 173 Å². The van der Waals surface area contributed by atoms with Gasteiger partial charge in [0.25, 0.3) is 0 Å². The van der Waals surface area contributed by atoms with Gasteiger partial charge >= 0.3 is 12.4 Å². The van der Waals surface area contributed by atoms with Gasteiger partial charge in [-0.15, -0.1) is 0 Å². The van der Waals surface area contributed by atoms with Crippen molar-refractivity contribution in [2.75, 3.05) is 0 Å². The maximum absolute atomic E-state index is 11.5. The molecule has 4 spiro atoms. The number of hydrogen-bond acceptors (Lipinski definition) is 0. The van der Waals surface area contributed by atoms with Gasteiger partial charge in [0, 0.05) is 12.8 Å². The van der Waals surface area contributed by atoms with Crippen molar-refractivity contribution in [3.63, 3.8) is 0 Å². The molecule has 0 aromatic rings. The van der Waals surface area contributed by atoms with Crippen LogP contribution in [0.15, 0.2) is 0 Å². The summed E-state index contributed by atoms with van der Waals surface area (Å²) in [5, 5.41) is 0. The molecular formula is C78H154F6. The molecule has 8 saturated carbocycles. The summed E-state index contributed by atoms with van der Waals surface area (Å²) in [5.41, 5.74) is 4.98. The van der Waals surface area contributed by atoms with Crippen LogP contribution in [0.5, 0.6) is 0 Å². The predicted molar refractivity (Wildman–Crippen MR) is 364 cm³/mol. The second-order valence-corrected chi connectivity index (χ2v) is 33.6. The van der Waals surface area contributed by atoms with Gasteiger partial charge in [-0.25, -0.2) is 0 Å². The van der Waals surface area contributed by atoms with E-state index in [0.29, 0.717) is 34.5 Å². The monoisotopic (exact) mass is 1210 g/mol. The van der Waals surface area contributed by atoms with Gasteiger partial charge in [0.2, 0.25) is 0 Å². The molecule has 8 aliphatic rings. The summed E-state index contributed by atoms with van der Waals surface area (Å²) in [6.45, 7) is 50.4. The Morgan fingerprint density at radius 3 is 0.774 bits per heavy atom. The minimum atomic E-state index is -3.98. The van der Waals surface area contributed by atoms with E-state index in [9.17, 15) is 26.3 Å². The van der Waals surface area contributed by atoms with Gasteiger partial charge in [-0.2, -0.15) is 26.3 Å². The topological polar surface area (TPSA) is 0 Å². The Balaban J connectivity index is 0. The first-order valence-corrected chi connectivity index (χ1v) is 37.0. The van der Waals surface area contributed by atoms with Crippen molar-refractivity contribution in [2.45, 2.75) is 422 Å². The summed E-state index contributed by atoms with van der Waals surface area (Å²) in [6, 6.07) is 0. The molecule has 0 aromatic heterocycles. The van der Waals surface area contributed by atoms with Crippen molar-refractivity contribution in [3.05, 3.63) is 0 Å². The Kier molecular flexibility index (Phi) is 43.4. The lowest BCUT2D eigenvalue weighted by atomic mass is 9.51. The zero-order chi connectivity index (χ0) is 65.1. The van der Waals surface area contributed by atoms with Crippen LogP contribution in [0.25, 0.3) is 0 Å². The molecule has 508 valence electrons. The Bertz CT molecular complexity index is 1440. The standard InChI is InChI=1S/C16H30.C14H26.C12H22.C11H20.2C6H11F3.2C4H10.C3H8.C2H6/c1-13-6-8-16(9-7-13)11-14(2,3)10-15(4,5)12-16;1-12-4-6-14(7-5-12)10-8-13(2,3)9-11-14;1-11-5-9-12(10-6-11)7-3-2-4-8-12;1-10-4-8-11(9-5-10)6-2-3-7-11;2*1-3-5(2)4-6(7,8)9;1-4(2)3;1-3-4-2;1-3-2;1-2/h13H,6-12H2,1-5H3;12H,4-11H2,1-3H3;11H,2-10H2,1H3;10H,2-9H2,1H3;2*5H,3-4H2,1-2H3;4H,1-3H3;3-4H2,1-2H3;3H2,1-2H3;1-2H3/t;;;;2*5-;;;;/m....00..../s1. The molecule has 0 bridgehead atoms. The van der Waals surface area contributed by atoms with Crippen molar-refractivity contribution in [2.24, 2.45) is 79.3 Å². The Morgan fingerprint density at radius 2 is 0.560 bits per heavy atom. The SMILES string of the molecule is CC.CC(C)C.CC1CCC2(CC1)CC(C)(C)CC(C)(C)C2.CC1CCC2(CC1)CCC(C)(C)CC2.CC1CCC2(CCCC2)CC1.CC1CCC2(CCCCC2)CC1.CCC.CCCC.CC[C@H](C)CC(F)(F)F.CC[C@H](C)CC(F)(F)F. The van der Waals surface area contributed by atoms with Gasteiger partial charge in [-0.3, -0.25) is 0 Å². The lowest BCUT2D eigenvalue weighted by Crippen LogP contribution is -2.43. The zero-order valence-corrected chi connectivity index (χ0v) is 61.4. The normalized spacial score (nSPS) is 24.5. The highest BCUT2D eigenvalue weighted by Crippen LogP contribution is 2.60. The molecule has 0 N–H and O–H groups in total. The first-order valence-electron chi connectivity index (χ1n) is 37.0. The third-order valence-electron chi connectivity index (χ3n) is 21.3. The van der Waals surface area contributed by atoms with E-state index >= 15 is 0 Å². The molecule has 0 amide bonds. The second kappa shape index (κ2) is 42.6. The first kappa shape index (κ1) is 85.6. The number of rotatable bonds is 5. The number of halogens is 6. The van der Waals surface area contributed by atoms with E-state index in [0.717, 1.165) is 45.8 Å². The Hall–Kier alpha value is -0.420. The average Bonchev–Trinajstić information content (AvgIpc) is 4.03. The molecule has 0 unspecified atom stereocenters. The van der Waals surface area contributed by atoms with E-state index in [-0.39, 0.29) is 11.8 Å². The number of unbranched alkanes of at least 4 members (excludes halogenated alkanes) is 1. The minimum absolute atomic E-state index is 0.231. The lowest BCUT2D eigenvalue weighted by molar-refractivity contribution is -0.144. The van der Waals surface area contributed by atoms with Crippen LogP contribution >= 0.6 is 0 Å². The fourth-order valence-electron chi connectivity index (χ4n) is 15.8. The van der Waals surface area contributed by atoms with Crippen molar-refractivity contribution in [1.29, 1.82) is 0 Å². The van der Waals surface area contributed by atoms with Crippen LogP contribution in [-0.4, -0.2) is 12.4 Å². The molecule has 2 atom stereocenters. The Labute approximate surface area is 525 Å². The molecule has 0 nitrogen and oxygen atoms in total. The van der Waals surface area contributed by atoms with Gasteiger partial charge < -0.3 is 0 Å². The predicted octanol–water partition coefficient (Wildman–Crippen LogP) is 30.0. The maximum Gasteiger partial charge on any atom is 0.389 e. The summed E-state index contributed by atoms with van der Waals surface area (Å²) in [4.78, 5) is 0. The molecular weight excluding hydrogens is 1050 g/mol. The van der Waals surface area contributed by atoms with Gasteiger partial charge in [0.05, 0.1) is 0 Å². The molecule has 0 saturated heterocycles. The molecule has 0 heterocycles. The van der Waals surface area contributed by atoms with Crippen molar-refractivity contribution in [1.82, 2.24) is 0 Å². The highest BCUT2D eigenvalue weighted by atomic mass is 19.4. The molecule has 6 heteroatoms. The van der Waals surface area contributed by atoms with Crippen LogP contribution in [-0.2, 0) is 0 Å². The molecule has 0 radical (unpaired) electrons. The smallest absolute Gasteiger partial charge is 0.171 e. The van der Waals surface area contributed by atoms with Crippen molar-refractivity contribution in [3.8, 4) is 0 Å². The molecule has 84 heavy (non-hydrogen) atoms. The number of hydrogen-bond donors (Lipinski definition) is 0. The van der Waals surface area contributed by atoms with Gasteiger partial charge in [0.1, 0.15) is 0 Å². The van der Waals surface area contributed by atoms with Gasteiger partial charge in [-0.1, -0.05) is 275 Å². The zero-order valence-electron chi connectivity index (χ0n) is 61.4. The molecule has 8 fully saturated rings. The van der Waals surface area contributed by atoms with Crippen LogP contribution in [0.2, 0.25) is 0 Å². The van der Waals surface area contributed by atoms with Crippen LogP contribution in [0.4, 0.5) is 26.3 Å².